The summed E-state index contributed by atoms with van der Waals surface area (Å²) >= 11 is 5.87. The molecular formula is C15H20ClNO4. The number of halogens is 1. The predicted molar refractivity (Wildman–Crippen MR) is 80.8 cm³/mol. The highest BCUT2D eigenvalue weighted by molar-refractivity contribution is 6.18. The predicted octanol–water partition coefficient (Wildman–Crippen LogP) is 2.41. The molecule has 0 N–H and O–H groups in total. The molecule has 0 saturated carbocycles. The molecule has 2 rings (SSSR count). The molecule has 21 heavy (non-hydrogen) atoms. The summed E-state index contributed by atoms with van der Waals surface area (Å²) in [7, 11) is 4.62. The third kappa shape index (κ3) is 3.18. The van der Waals surface area contributed by atoms with E-state index in [2.05, 4.69) is 0 Å². The van der Waals surface area contributed by atoms with E-state index in [0.717, 1.165) is 6.42 Å². The van der Waals surface area contributed by atoms with Crippen LogP contribution in [0.25, 0.3) is 0 Å². The second-order valence-corrected chi connectivity index (χ2v) is 5.28. The summed E-state index contributed by atoms with van der Waals surface area (Å²) in [6.07, 6.45) is 0.935. The summed E-state index contributed by atoms with van der Waals surface area (Å²) in [6, 6.07) is 3.33. The van der Waals surface area contributed by atoms with Crippen LogP contribution in [-0.4, -0.2) is 51.1 Å². The number of hydrogen-bond acceptors (Lipinski definition) is 4. The largest absolute Gasteiger partial charge is 0.496 e. The van der Waals surface area contributed by atoms with E-state index in [-0.39, 0.29) is 5.91 Å². The molecule has 1 aromatic carbocycles. The lowest BCUT2D eigenvalue weighted by molar-refractivity contribution is 0.0784. The zero-order chi connectivity index (χ0) is 15.4. The van der Waals surface area contributed by atoms with Crippen molar-refractivity contribution in [3.63, 3.8) is 0 Å². The van der Waals surface area contributed by atoms with Gasteiger partial charge in [-0.1, -0.05) is 0 Å². The standard InChI is InChI=1S/C15H20ClNO4/c1-19-12-7-14(21-3)13(20-2)6-11(12)15(18)17-5-4-10(8-16)9-17/h6-7,10H,4-5,8-9H2,1-3H3. The van der Waals surface area contributed by atoms with Crippen molar-refractivity contribution in [1.82, 2.24) is 4.90 Å². The second kappa shape index (κ2) is 6.89. The molecule has 0 aromatic heterocycles. The number of ether oxygens (including phenoxy) is 3. The lowest BCUT2D eigenvalue weighted by Gasteiger charge is -2.19. The van der Waals surface area contributed by atoms with E-state index in [1.807, 2.05) is 0 Å². The van der Waals surface area contributed by atoms with Crippen LogP contribution in [0.15, 0.2) is 12.1 Å². The molecule has 1 atom stereocenters. The van der Waals surface area contributed by atoms with Gasteiger partial charge in [0.1, 0.15) is 5.75 Å². The van der Waals surface area contributed by atoms with E-state index < -0.39 is 0 Å². The van der Waals surface area contributed by atoms with E-state index in [9.17, 15) is 4.79 Å². The lowest BCUT2D eigenvalue weighted by Crippen LogP contribution is -2.29. The second-order valence-electron chi connectivity index (χ2n) is 4.97. The van der Waals surface area contributed by atoms with Gasteiger partial charge in [0.2, 0.25) is 0 Å². The summed E-state index contributed by atoms with van der Waals surface area (Å²) in [6.45, 7) is 1.40. The molecule has 1 aliphatic heterocycles. The van der Waals surface area contributed by atoms with E-state index in [4.69, 9.17) is 25.8 Å². The maximum Gasteiger partial charge on any atom is 0.257 e. The third-order valence-electron chi connectivity index (χ3n) is 3.73. The molecule has 1 aliphatic rings. The Labute approximate surface area is 129 Å². The number of alkyl halides is 1. The van der Waals surface area contributed by atoms with Gasteiger partial charge in [0.25, 0.3) is 5.91 Å². The molecule has 1 aromatic rings. The van der Waals surface area contributed by atoms with Crippen LogP contribution in [-0.2, 0) is 0 Å². The Morgan fingerprint density at radius 3 is 2.33 bits per heavy atom. The summed E-state index contributed by atoms with van der Waals surface area (Å²) in [5.41, 5.74) is 0.477. The number of hydrogen-bond donors (Lipinski definition) is 0. The fourth-order valence-electron chi connectivity index (χ4n) is 2.51. The number of benzene rings is 1. The minimum absolute atomic E-state index is 0.0691. The average molecular weight is 314 g/mol. The Balaban J connectivity index is 2.31. The number of likely N-dealkylation sites (tertiary alicyclic amines) is 1. The zero-order valence-electron chi connectivity index (χ0n) is 12.5. The van der Waals surface area contributed by atoms with Crippen LogP contribution in [0.5, 0.6) is 17.2 Å². The van der Waals surface area contributed by atoms with Crippen LogP contribution in [0, 0.1) is 5.92 Å². The summed E-state index contributed by atoms with van der Waals surface area (Å²) in [5.74, 6) is 2.39. The SMILES string of the molecule is COc1cc(OC)c(C(=O)N2CCC(CCl)C2)cc1OC. The minimum atomic E-state index is -0.0691. The molecule has 116 valence electrons. The average Bonchev–Trinajstić information content (AvgIpc) is 3.01. The third-order valence-corrected chi connectivity index (χ3v) is 4.16. The van der Waals surface area contributed by atoms with E-state index in [1.54, 1.807) is 24.1 Å². The van der Waals surface area contributed by atoms with Gasteiger partial charge in [0.05, 0.1) is 26.9 Å². The van der Waals surface area contributed by atoms with Crippen molar-refractivity contribution in [1.29, 1.82) is 0 Å². The van der Waals surface area contributed by atoms with Crippen LogP contribution in [0.2, 0.25) is 0 Å². The first-order valence-corrected chi connectivity index (χ1v) is 7.33. The lowest BCUT2D eigenvalue weighted by atomic mass is 10.1. The molecule has 5 nitrogen and oxygen atoms in total. The number of nitrogens with zero attached hydrogens (tertiary/aromatic N) is 1. The van der Waals surface area contributed by atoms with Crippen LogP contribution in [0.1, 0.15) is 16.8 Å². The topological polar surface area (TPSA) is 48.0 Å². The number of carbonyl (C=O) groups excluding carboxylic acids is 1. The van der Waals surface area contributed by atoms with Crippen LogP contribution in [0.3, 0.4) is 0 Å². The molecule has 0 spiro atoms. The molecule has 1 amide bonds. The monoisotopic (exact) mass is 313 g/mol. The summed E-state index contributed by atoms with van der Waals surface area (Å²) in [5, 5.41) is 0. The highest BCUT2D eigenvalue weighted by atomic mass is 35.5. The minimum Gasteiger partial charge on any atom is -0.496 e. The van der Waals surface area contributed by atoms with Crippen molar-refractivity contribution in [3.05, 3.63) is 17.7 Å². The maximum atomic E-state index is 12.7. The van der Waals surface area contributed by atoms with Gasteiger partial charge in [0.15, 0.2) is 11.5 Å². The van der Waals surface area contributed by atoms with Crippen LogP contribution in [0.4, 0.5) is 0 Å². The Bertz CT molecular complexity index is 521. The Kier molecular flexibility index (Phi) is 5.17. The van der Waals surface area contributed by atoms with Gasteiger partial charge < -0.3 is 19.1 Å². The first-order valence-electron chi connectivity index (χ1n) is 6.79. The number of amides is 1. The molecule has 1 saturated heterocycles. The van der Waals surface area contributed by atoms with E-state index in [0.29, 0.717) is 47.7 Å². The van der Waals surface area contributed by atoms with Gasteiger partial charge in [-0.25, -0.2) is 0 Å². The highest BCUT2D eigenvalue weighted by Crippen LogP contribution is 2.35. The summed E-state index contributed by atoms with van der Waals surface area (Å²) < 4.78 is 15.8. The fourth-order valence-corrected chi connectivity index (χ4v) is 2.76. The Hall–Kier alpha value is -1.62. The molecule has 1 heterocycles. The molecule has 1 unspecified atom stereocenters. The normalized spacial score (nSPS) is 17.7. The van der Waals surface area contributed by atoms with Crippen LogP contribution < -0.4 is 14.2 Å². The molecule has 0 radical (unpaired) electrons. The molecular weight excluding hydrogens is 294 g/mol. The smallest absolute Gasteiger partial charge is 0.257 e. The van der Waals surface area contributed by atoms with Crippen molar-refractivity contribution in [3.8, 4) is 17.2 Å². The Morgan fingerprint density at radius 2 is 1.81 bits per heavy atom. The molecule has 0 bridgehead atoms. The van der Waals surface area contributed by atoms with Gasteiger partial charge in [0, 0.05) is 31.1 Å². The highest BCUT2D eigenvalue weighted by Gasteiger charge is 2.29. The molecule has 0 aliphatic carbocycles. The van der Waals surface area contributed by atoms with E-state index in [1.165, 1.54) is 14.2 Å². The summed E-state index contributed by atoms with van der Waals surface area (Å²) in [4.78, 5) is 14.5. The Morgan fingerprint density at radius 1 is 1.19 bits per heavy atom. The number of rotatable bonds is 5. The fraction of sp³-hybridized carbons (Fsp3) is 0.533. The maximum absolute atomic E-state index is 12.7. The number of carbonyl (C=O) groups is 1. The van der Waals surface area contributed by atoms with Gasteiger partial charge in [-0.3, -0.25) is 4.79 Å². The van der Waals surface area contributed by atoms with Gasteiger partial charge in [-0.2, -0.15) is 0 Å². The van der Waals surface area contributed by atoms with Crippen molar-refractivity contribution >= 4 is 17.5 Å². The van der Waals surface area contributed by atoms with E-state index >= 15 is 0 Å². The van der Waals surface area contributed by atoms with Crippen molar-refractivity contribution < 1.29 is 19.0 Å². The first-order chi connectivity index (χ1) is 10.1. The van der Waals surface area contributed by atoms with Crippen molar-refractivity contribution in [2.75, 3.05) is 40.3 Å². The van der Waals surface area contributed by atoms with Gasteiger partial charge in [-0.05, 0) is 12.3 Å². The molecule has 1 fully saturated rings. The van der Waals surface area contributed by atoms with Crippen LogP contribution >= 0.6 is 11.6 Å². The number of methoxy groups -OCH3 is 3. The van der Waals surface area contributed by atoms with Crippen molar-refractivity contribution in [2.24, 2.45) is 5.92 Å². The van der Waals surface area contributed by atoms with Gasteiger partial charge >= 0.3 is 0 Å². The zero-order valence-corrected chi connectivity index (χ0v) is 13.3. The quantitative estimate of drug-likeness (QED) is 0.783. The molecule has 6 heteroatoms. The first kappa shape index (κ1) is 15.8. The van der Waals surface area contributed by atoms with Gasteiger partial charge in [-0.15, -0.1) is 11.6 Å². The van der Waals surface area contributed by atoms with Crippen molar-refractivity contribution in [2.45, 2.75) is 6.42 Å².